The average Bonchev–Trinajstić information content (AvgIpc) is 2.71. The summed E-state index contributed by atoms with van der Waals surface area (Å²) in [6.07, 6.45) is 6.99. The van der Waals surface area contributed by atoms with Crippen molar-refractivity contribution in [2.45, 2.75) is 58.9 Å². The standard InChI is InChI=1S/C23H38N4O2/c1-4-6-15-25-21(28)20-10-8-19(9-11-20)17-26-22(24-5-2)27-18-23(12-7-13-23)14-16-29-3/h8-11H,4-7,12-18H2,1-3H3,(H,25,28)(H2,24,26,27). The Balaban J connectivity index is 1.88. The van der Waals surface area contributed by atoms with Gasteiger partial charge in [-0.2, -0.15) is 0 Å². The molecule has 2 rings (SSSR count). The van der Waals surface area contributed by atoms with Gasteiger partial charge in [0.2, 0.25) is 0 Å². The number of methoxy groups -OCH3 is 1. The molecule has 0 radical (unpaired) electrons. The van der Waals surface area contributed by atoms with Crippen molar-refractivity contribution in [3.63, 3.8) is 0 Å². The fraction of sp³-hybridized carbons (Fsp3) is 0.652. The number of nitrogens with zero attached hydrogens (tertiary/aromatic N) is 1. The minimum absolute atomic E-state index is 0.00892. The molecule has 0 atom stereocenters. The van der Waals surface area contributed by atoms with Gasteiger partial charge in [0, 0.05) is 38.9 Å². The van der Waals surface area contributed by atoms with Crippen molar-refractivity contribution in [1.82, 2.24) is 16.0 Å². The second kappa shape index (κ2) is 12.5. The zero-order valence-corrected chi connectivity index (χ0v) is 18.4. The molecule has 0 saturated heterocycles. The van der Waals surface area contributed by atoms with Crippen LogP contribution in [0, 0.1) is 5.41 Å². The number of rotatable bonds is 12. The molecule has 0 unspecified atom stereocenters. The fourth-order valence-electron chi connectivity index (χ4n) is 3.54. The first kappa shape index (κ1) is 23.2. The van der Waals surface area contributed by atoms with E-state index in [2.05, 4.69) is 29.8 Å². The second-order valence-corrected chi connectivity index (χ2v) is 7.95. The molecule has 0 bridgehead atoms. The van der Waals surface area contributed by atoms with Crippen molar-refractivity contribution in [3.05, 3.63) is 35.4 Å². The minimum atomic E-state index is -0.00892. The molecule has 1 aliphatic carbocycles. The van der Waals surface area contributed by atoms with Crippen molar-refractivity contribution in [3.8, 4) is 0 Å². The van der Waals surface area contributed by atoms with E-state index in [1.165, 1.54) is 19.3 Å². The molecular weight excluding hydrogens is 364 g/mol. The van der Waals surface area contributed by atoms with Crippen LogP contribution >= 0.6 is 0 Å². The summed E-state index contributed by atoms with van der Waals surface area (Å²) < 4.78 is 5.28. The summed E-state index contributed by atoms with van der Waals surface area (Å²) in [4.78, 5) is 16.8. The number of benzene rings is 1. The maximum Gasteiger partial charge on any atom is 0.251 e. The Morgan fingerprint density at radius 1 is 1.14 bits per heavy atom. The van der Waals surface area contributed by atoms with E-state index in [1.54, 1.807) is 7.11 Å². The molecule has 1 aromatic rings. The third-order valence-electron chi connectivity index (χ3n) is 5.68. The summed E-state index contributed by atoms with van der Waals surface area (Å²) in [6, 6.07) is 7.71. The molecule has 0 aromatic heterocycles. The Morgan fingerprint density at radius 2 is 1.90 bits per heavy atom. The highest BCUT2D eigenvalue weighted by molar-refractivity contribution is 5.94. The van der Waals surface area contributed by atoms with Crippen LogP contribution in [0.1, 0.15) is 68.3 Å². The second-order valence-electron chi connectivity index (χ2n) is 7.95. The summed E-state index contributed by atoms with van der Waals surface area (Å²) in [7, 11) is 1.77. The van der Waals surface area contributed by atoms with Gasteiger partial charge in [0.15, 0.2) is 5.96 Å². The maximum atomic E-state index is 12.1. The Labute approximate surface area is 175 Å². The van der Waals surface area contributed by atoms with Gasteiger partial charge in [0.25, 0.3) is 5.91 Å². The van der Waals surface area contributed by atoms with Gasteiger partial charge in [0.1, 0.15) is 0 Å². The van der Waals surface area contributed by atoms with Crippen LogP contribution < -0.4 is 16.0 Å². The predicted molar refractivity (Wildman–Crippen MR) is 119 cm³/mol. The van der Waals surface area contributed by atoms with Gasteiger partial charge < -0.3 is 20.7 Å². The van der Waals surface area contributed by atoms with Gasteiger partial charge in [-0.3, -0.25) is 4.79 Å². The molecule has 1 aliphatic rings. The number of unbranched alkanes of at least 4 members (excludes halogenated alkanes) is 1. The highest BCUT2D eigenvalue weighted by atomic mass is 16.5. The van der Waals surface area contributed by atoms with Crippen LogP contribution in [-0.4, -0.2) is 45.2 Å². The number of carbonyl (C=O) groups excluding carboxylic acids is 1. The van der Waals surface area contributed by atoms with Gasteiger partial charge in [-0.15, -0.1) is 0 Å². The van der Waals surface area contributed by atoms with Crippen LogP contribution in [0.2, 0.25) is 0 Å². The lowest BCUT2D eigenvalue weighted by Gasteiger charge is -2.42. The van der Waals surface area contributed by atoms with Crippen molar-refractivity contribution >= 4 is 11.9 Å². The Bertz CT molecular complexity index is 639. The first-order valence-corrected chi connectivity index (χ1v) is 11.0. The minimum Gasteiger partial charge on any atom is -0.385 e. The van der Waals surface area contributed by atoms with Crippen LogP contribution in [0.5, 0.6) is 0 Å². The van der Waals surface area contributed by atoms with E-state index in [0.717, 1.165) is 57.0 Å². The van der Waals surface area contributed by atoms with Crippen LogP contribution in [0.3, 0.4) is 0 Å². The zero-order valence-electron chi connectivity index (χ0n) is 18.4. The normalized spacial score (nSPS) is 15.5. The van der Waals surface area contributed by atoms with Crippen molar-refractivity contribution < 1.29 is 9.53 Å². The molecule has 1 amide bonds. The van der Waals surface area contributed by atoms with Gasteiger partial charge in [0.05, 0.1) is 6.54 Å². The first-order chi connectivity index (χ1) is 14.1. The lowest BCUT2D eigenvalue weighted by Crippen LogP contribution is -2.46. The lowest BCUT2D eigenvalue weighted by molar-refractivity contribution is 0.0732. The molecule has 1 aromatic carbocycles. The van der Waals surface area contributed by atoms with Gasteiger partial charge in [-0.05, 0) is 55.7 Å². The van der Waals surface area contributed by atoms with Crippen LogP contribution in [0.4, 0.5) is 0 Å². The average molecular weight is 403 g/mol. The molecular formula is C23H38N4O2. The topological polar surface area (TPSA) is 74.8 Å². The third kappa shape index (κ3) is 7.69. The van der Waals surface area contributed by atoms with E-state index >= 15 is 0 Å². The van der Waals surface area contributed by atoms with E-state index in [9.17, 15) is 4.79 Å². The molecule has 6 nitrogen and oxygen atoms in total. The number of nitrogens with one attached hydrogen (secondary N) is 3. The van der Waals surface area contributed by atoms with Gasteiger partial charge >= 0.3 is 0 Å². The molecule has 3 N–H and O–H groups in total. The van der Waals surface area contributed by atoms with Gasteiger partial charge in [-0.25, -0.2) is 4.99 Å². The summed E-state index contributed by atoms with van der Waals surface area (Å²) in [5.74, 6) is 0.836. The molecule has 0 aliphatic heterocycles. The molecule has 6 heteroatoms. The Hall–Kier alpha value is -2.08. The van der Waals surface area contributed by atoms with Crippen LogP contribution in [-0.2, 0) is 11.3 Å². The molecule has 1 fully saturated rings. The van der Waals surface area contributed by atoms with E-state index in [0.29, 0.717) is 17.5 Å². The monoisotopic (exact) mass is 402 g/mol. The highest BCUT2D eigenvalue weighted by Gasteiger charge is 2.36. The molecule has 0 spiro atoms. The third-order valence-corrected chi connectivity index (χ3v) is 5.68. The van der Waals surface area contributed by atoms with Gasteiger partial charge in [-0.1, -0.05) is 31.9 Å². The van der Waals surface area contributed by atoms with E-state index in [1.807, 2.05) is 24.3 Å². The number of guanidine groups is 1. The summed E-state index contributed by atoms with van der Waals surface area (Å²) in [5.41, 5.74) is 2.13. The summed E-state index contributed by atoms with van der Waals surface area (Å²) >= 11 is 0. The van der Waals surface area contributed by atoms with Crippen molar-refractivity contribution in [2.75, 3.05) is 33.4 Å². The Kier molecular flexibility index (Phi) is 9.98. The largest absolute Gasteiger partial charge is 0.385 e. The first-order valence-electron chi connectivity index (χ1n) is 11.0. The molecule has 29 heavy (non-hydrogen) atoms. The summed E-state index contributed by atoms with van der Waals surface area (Å²) in [6.45, 7) is 8.07. The molecule has 0 heterocycles. The quantitative estimate of drug-likeness (QED) is 0.284. The number of hydrogen-bond acceptors (Lipinski definition) is 3. The number of ether oxygens (including phenoxy) is 1. The molecule has 1 saturated carbocycles. The number of amides is 1. The number of carbonyl (C=O) groups is 1. The van der Waals surface area contributed by atoms with E-state index in [-0.39, 0.29) is 5.91 Å². The van der Waals surface area contributed by atoms with Crippen LogP contribution in [0.25, 0.3) is 0 Å². The Morgan fingerprint density at radius 3 is 2.48 bits per heavy atom. The van der Waals surface area contributed by atoms with E-state index < -0.39 is 0 Å². The SMILES string of the molecule is CCCCNC(=O)c1ccc(CN=C(NCC)NCC2(CCOC)CCC2)cc1. The summed E-state index contributed by atoms with van der Waals surface area (Å²) in [5, 5.41) is 9.80. The lowest BCUT2D eigenvalue weighted by atomic mass is 9.67. The zero-order chi connectivity index (χ0) is 21.0. The number of hydrogen-bond donors (Lipinski definition) is 3. The van der Waals surface area contributed by atoms with Crippen molar-refractivity contribution in [1.29, 1.82) is 0 Å². The number of aliphatic imine (C=N–C) groups is 1. The molecule has 162 valence electrons. The predicted octanol–water partition coefficient (Wildman–Crippen LogP) is 3.48. The smallest absolute Gasteiger partial charge is 0.251 e. The maximum absolute atomic E-state index is 12.1. The van der Waals surface area contributed by atoms with Crippen molar-refractivity contribution in [2.24, 2.45) is 10.4 Å². The van der Waals surface area contributed by atoms with E-state index in [4.69, 9.17) is 9.73 Å². The van der Waals surface area contributed by atoms with Crippen LogP contribution in [0.15, 0.2) is 29.3 Å². The highest BCUT2D eigenvalue weighted by Crippen LogP contribution is 2.43. The fourth-order valence-corrected chi connectivity index (χ4v) is 3.54.